The highest BCUT2D eigenvalue weighted by atomic mass is 16.5. The first kappa shape index (κ1) is 20.4. The van der Waals surface area contributed by atoms with Crippen LogP contribution in [-0.2, 0) is 9.53 Å². The van der Waals surface area contributed by atoms with Gasteiger partial charge >= 0.3 is 5.97 Å². The second-order valence-electron chi connectivity index (χ2n) is 6.78. The molecule has 0 saturated carbocycles. The molecule has 5 nitrogen and oxygen atoms in total. The third kappa shape index (κ3) is 5.26. The Bertz CT molecular complexity index is 886. The Balaban J connectivity index is 1.90. The van der Waals surface area contributed by atoms with Crippen molar-refractivity contribution in [1.82, 2.24) is 5.32 Å². The molecule has 0 aliphatic rings. The van der Waals surface area contributed by atoms with E-state index in [9.17, 15) is 14.4 Å². The maximum atomic E-state index is 12.4. The van der Waals surface area contributed by atoms with Gasteiger partial charge < -0.3 is 10.1 Å². The highest BCUT2D eigenvalue weighted by Crippen LogP contribution is 2.13. The van der Waals surface area contributed by atoms with Crippen LogP contribution in [0.3, 0.4) is 0 Å². The van der Waals surface area contributed by atoms with Crippen molar-refractivity contribution in [2.45, 2.75) is 40.7 Å². The molecular formula is C22H25NO4. The van der Waals surface area contributed by atoms with Gasteiger partial charge in [0.2, 0.25) is 5.78 Å². The Morgan fingerprint density at radius 3 is 1.93 bits per heavy atom. The highest BCUT2D eigenvalue weighted by molar-refractivity contribution is 6.01. The number of amides is 1. The van der Waals surface area contributed by atoms with Crippen molar-refractivity contribution in [2.24, 2.45) is 0 Å². The standard InChI is InChI=1S/C22H25NO4/c1-13-6-8-18(10-15(13)3)21(25)17(5)27-20(24)12-23-22(26)19-9-7-14(2)16(4)11-19/h6-11,17H,12H2,1-5H3,(H,23,26)/t17-/m1/s1. The minimum atomic E-state index is -0.918. The average Bonchev–Trinajstić information content (AvgIpc) is 2.63. The van der Waals surface area contributed by atoms with Gasteiger partial charge in [-0.15, -0.1) is 0 Å². The van der Waals surface area contributed by atoms with E-state index in [0.717, 1.165) is 22.3 Å². The Morgan fingerprint density at radius 1 is 0.852 bits per heavy atom. The number of Topliss-reactive ketones (excluding diaryl/α,β-unsaturated/α-hetero) is 1. The first-order valence-corrected chi connectivity index (χ1v) is 8.85. The van der Waals surface area contributed by atoms with Crippen LogP contribution in [0.15, 0.2) is 36.4 Å². The fourth-order valence-electron chi connectivity index (χ4n) is 2.56. The summed E-state index contributed by atoms with van der Waals surface area (Å²) in [6.07, 6.45) is -0.918. The number of benzene rings is 2. The van der Waals surface area contributed by atoms with Crippen molar-refractivity contribution in [1.29, 1.82) is 0 Å². The summed E-state index contributed by atoms with van der Waals surface area (Å²) in [5, 5.41) is 2.52. The summed E-state index contributed by atoms with van der Waals surface area (Å²) < 4.78 is 5.16. The second kappa shape index (κ2) is 8.62. The summed E-state index contributed by atoms with van der Waals surface area (Å²) in [4.78, 5) is 36.5. The van der Waals surface area contributed by atoms with Gasteiger partial charge in [0.05, 0.1) is 0 Å². The lowest BCUT2D eigenvalue weighted by Crippen LogP contribution is -2.34. The number of carbonyl (C=O) groups is 3. The van der Waals surface area contributed by atoms with Gasteiger partial charge in [-0.2, -0.15) is 0 Å². The van der Waals surface area contributed by atoms with Crippen molar-refractivity contribution in [3.63, 3.8) is 0 Å². The minimum Gasteiger partial charge on any atom is -0.453 e. The molecular weight excluding hydrogens is 342 g/mol. The Kier molecular flexibility index (Phi) is 6.50. The Morgan fingerprint density at radius 2 is 1.37 bits per heavy atom. The van der Waals surface area contributed by atoms with Crippen molar-refractivity contribution in [3.8, 4) is 0 Å². The topological polar surface area (TPSA) is 72.5 Å². The van der Waals surface area contributed by atoms with Crippen LogP contribution < -0.4 is 5.32 Å². The summed E-state index contributed by atoms with van der Waals surface area (Å²) >= 11 is 0. The van der Waals surface area contributed by atoms with Gasteiger partial charge in [0.1, 0.15) is 6.54 Å². The molecule has 0 unspecified atom stereocenters. The van der Waals surface area contributed by atoms with Gasteiger partial charge in [-0.25, -0.2) is 0 Å². The quantitative estimate of drug-likeness (QED) is 0.627. The number of nitrogens with one attached hydrogen (secondary N) is 1. The summed E-state index contributed by atoms with van der Waals surface area (Å²) in [6, 6.07) is 10.7. The fraction of sp³-hybridized carbons (Fsp3) is 0.318. The SMILES string of the molecule is Cc1ccc(C(=O)NCC(=O)O[C@H](C)C(=O)c2ccc(C)c(C)c2)cc1C. The molecule has 0 bridgehead atoms. The third-order valence-electron chi connectivity index (χ3n) is 4.63. The summed E-state index contributed by atoms with van der Waals surface area (Å²) in [6.45, 7) is 9.00. The van der Waals surface area contributed by atoms with E-state index in [2.05, 4.69) is 5.32 Å². The van der Waals surface area contributed by atoms with Gasteiger partial charge in [0.25, 0.3) is 5.91 Å². The van der Waals surface area contributed by atoms with E-state index in [1.165, 1.54) is 6.92 Å². The molecule has 142 valence electrons. The predicted molar refractivity (Wildman–Crippen MR) is 104 cm³/mol. The second-order valence-corrected chi connectivity index (χ2v) is 6.78. The van der Waals surface area contributed by atoms with Crippen LogP contribution >= 0.6 is 0 Å². The zero-order chi connectivity index (χ0) is 20.1. The Labute approximate surface area is 159 Å². The fourth-order valence-corrected chi connectivity index (χ4v) is 2.56. The number of rotatable bonds is 6. The van der Waals surface area contributed by atoms with Crippen LogP contribution in [0.25, 0.3) is 0 Å². The largest absolute Gasteiger partial charge is 0.453 e. The summed E-state index contributed by atoms with van der Waals surface area (Å²) in [5.41, 5.74) is 5.15. The summed E-state index contributed by atoms with van der Waals surface area (Å²) in [7, 11) is 0. The number of aryl methyl sites for hydroxylation is 4. The van der Waals surface area contributed by atoms with E-state index in [1.54, 1.807) is 24.3 Å². The van der Waals surface area contributed by atoms with Gasteiger partial charge in [-0.1, -0.05) is 18.2 Å². The molecule has 0 aliphatic carbocycles. The van der Waals surface area contributed by atoms with Gasteiger partial charge in [0, 0.05) is 11.1 Å². The zero-order valence-electron chi connectivity index (χ0n) is 16.4. The number of hydrogen-bond donors (Lipinski definition) is 1. The summed E-state index contributed by atoms with van der Waals surface area (Å²) in [5.74, 6) is -1.29. The first-order valence-electron chi connectivity index (χ1n) is 8.85. The molecule has 1 atom stereocenters. The van der Waals surface area contributed by atoms with Gasteiger partial charge in [-0.05, 0) is 75.1 Å². The van der Waals surface area contributed by atoms with Crippen LogP contribution in [0.1, 0.15) is 49.9 Å². The molecule has 1 amide bonds. The monoisotopic (exact) mass is 367 g/mol. The molecule has 27 heavy (non-hydrogen) atoms. The Hall–Kier alpha value is -2.95. The van der Waals surface area contributed by atoms with Crippen LogP contribution in [0.2, 0.25) is 0 Å². The number of carbonyl (C=O) groups excluding carboxylic acids is 3. The third-order valence-corrected chi connectivity index (χ3v) is 4.63. The van der Waals surface area contributed by atoms with E-state index in [-0.39, 0.29) is 18.2 Å². The van der Waals surface area contributed by atoms with Crippen molar-refractivity contribution in [3.05, 3.63) is 69.8 Å². The molecule has 0 radical (unpaired) electrons. The molecule has 0 aliphatic heterocycles. The maximum absolute atomic E-state index is 12.4. The molecule has 0 spiro atoms. The lowest BCUT2D eigenvalue weighted by atomic mass is 10.0. The van der Waals surface area contributed by atoms with Crippen LogP contribution in [-0.4, -0.2) is 30.3 Å². The molecule has 2 rings (SSSR count). The van der Waals surface area contributed by atoms with E-state index in [1.807, 2.05) is 39.8 Å². The van der Waals surface area contributed by atoms with Crippen LogP contribution in [0.4, 0.5) is 0 Å². The number of hydrogen-bond acceptors (Lipinski definition) is 4. The van der Waals surface area contributed by atoms with E-state index >= 15 is 0 Å². The van der Waals surface area contributed by atoms with Gasteiger partial charge in [-0.3, -0.25) is 14.4 Å². The number of ketones is 1. The zero-order valence-corrected chi connectivity index (χ0v) is 16.4. The van der Waals surface area contributed by atoms with Crippen LogP contribution in [0, 0.1) is 27.7 Å². The van der Waals surface area contributed by atoms with Crippen molar-refractivity contribution in [2.75, 3.05) is 6.54 Å². The molecule has 1 N–H and O–H groups in total. The van der Waals surface area contributed by atoms with E-state index in [0.29, 0.717) is 11.1 Å². The van der Waals surface area contributed by atoms with Crippen LogP contribution in [0.5, 0.6) is 0 Å². The molecule has 0 saturated heterocycles. The maximum Gasteiger partial charge on any atom is 0.326 e. The molecule has 2 aromatic rings. The van der Waals surface area contributed by atoms with Crippen molar-refractivity contribution < 1.29 is 19.1 Å². The molecule has 0 fully saturated rings. The smallest absolute Gasteiger partial charge is 0.326 e. The molecule has 0 heterocycles. The van der Waals surface area contributed by atoms with Gasteiger partial charge in [0.15, 0.2) is 6.10 Å². The number of esters is 1. The number of ether oxygens (including phenoxy) is 1. The van der Waals surface area contributed by atoms with E-state index in [4.69, 9.17) is 4.74 Å². The minimum absolute atomic E-state index is 0.271. The highest BCUT2D eigenvalue weighted by Gasteiger charge is 2.20. The lowest BCUT2D eigenvalue weighted by molar-refractivity contribution is -0.145. The molecule has 0 aromatic heterocycles. The lowest BCUT2D eigenvalue weighted by Gasteiger charge is -2.14. The molecule has 2 aromatic carbocycles. The molecule has 5 heteroatoms. The normalized spacial score (nSPS) is 11.6. The average molecular weight is 367 g/mol. The predicted octanol–water partition coefficient (Wildman–Crippen LogP) is 3.46. The van der Waals surface area contributed by atoms with E-state index < -0.39 is 12.1 Å². The van der Waals surface area contributed by atoms with Crippen molar-refractivity contribution >= 4 is 17.7 Å². The first-order chi connectivity index (χ1) is 12.7.